The molecule has 3 fully saturated rings. The van der Waals surface area contributed by atoms with E-state index in [9.17, 15) is 5.11 Å². The molecule has 8 atom stereocenters. The number of aliphatic hydroxyl groups excluding tert-OH is 1. The van der Waals surface area contributed by atoms with Gasteiger partial charge in [-0.25, -0.2) is 0 Å². The van der Waals surface area contributed by atoms with Crippen molar-refractivity contribution in [2.75, 3.05) is 0 Å². The second kappa shape index (κ2) is 7.60. The van der Waals surface area contributed by atoms with Gasteiger partial charge < -0.3 is 5.11 Å². The minimum absolute atomic E-state index is 0.0830. The Balaban J connectivity index is 1.52. The van der Waals surface area contributed by atoms with Crippen LogP contribution in [0.4, 0.5) is 0 Å². The topological polar surface area (TPSA) is 20.2 Å². The van der Waals surface area contributed by atoms with Crippen molar-refractivity contribution in [3.05, 3.63) is 23.8 Å². The van der Waals surface area contributed by atoms with Crippen LogP contribution in [0.1, 0.15) is 92.4 Å². The number of hydrogen-bond acceptors (Lipinski definition) is 1. The van der Waals surface area contributed by atoms with Gasteiger partial charge in [-0.05, 0) is 104 Å². The maximum absolute atomic E-state index is 10.2. The van der Waals surface area contributed by atoms with Crippen molar-refractivity contribution in [3.63, 3.8) is 0 Å². The van der Waals surface area contributed by atoms with Crippen LogP contribution in [0.2, 0.25) is 0 Å². The van der Waals surface area contributed by atoms with Crippen LogP contribution >= 0.6 is 0 Å². The summed E-state index contributed by atoms with van der Waals surface area (Å²) in [4.78, 5) is 0. The van der Waals surface area contributed by atoms with Crippen LogP contribution in [-0.4, -0.2) is 11.2 Å². The lowest BCUT2D eigenvalue weighted by Gasteiger charge is -2.58. The average Bonchev–Trinajstić information content (AvgIpc) is 2.99. The van der Waals surface area contributed by atoms with Gasteiger partial charge in [0.2, 0.25) is 0 Å². The van der Waals surface area contributed by atoms with Gasteiger partial charge in [-0.15, -0.1) is 0 Å². The highest BCUT2D eigenvalue weighted by Crippen LogP contribution is 2.67. The van der Waals surface area contributed by atoms with Crippen molar-refractivity contribution in [2.24, 2.45) is 46.3 Å². The zero-order valence-electron chi connectivity index (χ0n) is 19.1. The van der Waals surface area contributed by atoms with Crippen LogP contribution in [0, 0.1) is 46.3 Å². The summed E-state index contributed by atoms with van der Waals surface area (Å²) in [5.41, 5.74) is 2.55. The fourth-order valence-electron chi connectivity index (χ4n) is 8.35. The first-order chi connectivity index (χ1) is 13.3. The van der Waals surface area contributed by atoms with E-state index < -0.39 is 0 Å². The largest absolute Gasteiger partial charge is 0.393 e. The van der Waals surface area contributed by atoms with E-state index in [0.717, 1.165) is 42.4 Å². The Morgan fingerprint density at radius 1 is 1.07 bits per heavy atom. The van der Waals surface area contributed by atoms with Gasteiger partial charge in [0, 0.05) is 0 Å². The van der Waals surface area contributed by atoms with Gasteiger partial charge in [0.05, 0.1) is 6.10 Å². The van der Waals surface area contributed by atoms with E-state index >= 15 is 0 Å². The van der Waals surface area contributed by atoms with E-state index in [1.54, 1.807) is 5.57 Å². The van der Waals surface area contributed by atoms with Gasteiger partial charge in [0.25, 0.3) is 0 Å². The summed E-state index contributed by atoms with van der Waals surface area (Å²) in [7, 11) is 0. The molecule has 3 saturated carbocycles. The highest BCUT2D eigenvalue weighted by Gasteiger charge is 2.58. The fourth-order valence-corrected chi connectivity index (χ4v) is 8.35. The molecule has 0 aliphatic heterocycles. The normalized spacial score (nSPS) is 46.8. The molecule has 0 amide bonds. The molecule has 0 bridgehead atoms. The van der Waals surface area contributed by atoms with Crippen molar-refractivity contribution >= 4 is 0 Å². The summed E-state index contributed by atoms with van der Waals surface area (Å²) in [6.07, 6.45) is 18.9. The number of rotatable bonds is 4. The van der Waals surface area contributed by atoms with Gasteiger partial charge in [-0.3, -0.25) is 0 Å². The maximum atomic E-state index is 10.2. The molecule has 0 saturated heterocycles. The van der Waals surface area contributed by atoms with Crippen molar-refractivity contribution in [1.29, 1.82) is 0 Å². The van der Waals surface area contributed by atoms with Crippen molar-refractivity contribution in [1.82, 2.24) is 0 Å². The van der Waals surface area contributed by atoms with E-state index in [4.69, 9.17) is 0 Å². The first-order valence-corrected chi connectivity index (χ1v) is 12.3. The molecule has 1 heteroatoms. The summed E-state index contributed by atoms with van der Waals surface area (Å²) in [5.74, 6) is 5.08. The van der Waals surface area contributed by atoms with Gasteiger partial charge in [-0.2, -0.15) is 0 Å². The Morgan fingerprint density at radius 3 is 2.61 bits per heavy atom. The lowest BCUT2D eigenvalue weighted by molar-refractivity contribution is -0.0565. The van der Waals surface area contributed by atoms with Crippen LogP contribution in [0.3, 0.4) is 0 Å². The molecule has 4 aliphatic rings. The van der Waals surface area contributed by atoms with Gasteiger partial charge in [0.15, 0.2) is 0 Å². The third-order valence-corrected chi connectivity index (χ3v) is 9.87. The fraction of sp³-hybridized carbons (Fsp3) is 0.852. The standard InChI is InChI=1S/C27H44O/c1-18(2)7-6-8-19(3)23-11-12-24-22-10-9-20-17-21(28)13-15-26(20,4)25(22)14-16-27(23,24)5/h6-7,9,18-19,21-25,28H,8,10-17H2,1-5H3/b7-6-/t19-,21+,22+,23-,24+,25+,26+,27-/m1/s1. The lowest BCUT2D eigenvalue weighted by atomic mass is 9.47. The summed E-state index contributed by atoms with van der Waals surface area (Å²) < 4.78 is 0. The first kappa shape index (κ1) is 20.7. The van der Waals surface area contributed by atoms with Crippen molar-refractivity contribution < 1.29 is 5.11 Å². The smallest absolute Gasteiger partial charge is 0.0577 e. The van der Waals surface area contributed by atoms with E-state index in [-0.39, 0.29) is 6.10 Å². The molecule has 158 valence electrons. The van der Waals surface area contributed by atoms with E-state index in [1.807, 2.05) is 0 Å². The third-order valence-electron chi connectivity index (χ3n) is 9.87. The number of aliphatic hydroxyl groups is 1. The number of hydrogen-bond donors (Lipinski definition) is 1. The summed E-state index contributed by atoms with van der Waals surface area (Å²) >= 11 is 0. The third kappa shape index (κ3) is 3.34. The second-order valence-electron chi connectivity index (χ2n) is 11.8. The SMILES string of the molecule is CC(C)/C=C\C[C@@H](C)[C@H]1CC[C@H]2[C@@H]3CC=C4C[C@@H](O)CC[C@]4(C)[C@H]3CC[C@]12C. The molecule has 0 unspecified atom stereocenters. The van der Waals surface area contributed by atoms with E-state index in [2.05, 4.69) is 52.8 Å². The summed E-state index contributed by atoms with van der Waals surface area (Å²) in [6.45, 7) is 12.3. The molecular formula is C27H44O. The monoisotopic (exact) mass is 384 g/mol. The zero-order valence-corrected chi connectivity index (χ0v) is 19.1. The van der Waals surface area contributed by atoms with Crippen LogP contribution in [0.5, 0.6) is 0 Å². The molecule has 0 aromatic rings. The van der Waals surface area contributed by atoms with Crippen molar-refractivity contribution in [2.45, 2.75) is 98.5 Å². The highest BCUT2D eigenvalue weighted by atomic mass is 16.3. The predicted molar refractivity (Wildman–Crippen MR) is 119 cm³/mol. The van der Waals surface area contributed by atoms with Gasteiger partial charge in [0.1, 0.15) is 0 Å². The van der Waals surface area contributed by atoms with Gasteiger partial charge in [-0.1, -0.05) is 58.4 Å². The molecule has 0 aromatic heterocycles. The Bertz CT molecular complexity index is 630. The maximum Gasteiger partial charge on any atom is 0.0577 e. The second-order valence-corrected chi connectivity index (χ2v) is 11.8. The molecule has 1 N–H and O–H groups in total. The molecule has 0 heterocycles. The molecule has 4 aliphatic carbocycles. The summed E-state index contributed by atoms with van der Waals surface area (Å²) in [5, 5.41) is 10.2. The Labute approximate surface area is 174 Å². The molecule has 0 aromatic carbocycles. The predicted octanol–water partition coefficient (Wildman–Crippen LogP) is 7.16. The van der Waals surface area contributed by atoms with Crippen LogP contribution in [-0.2, 0) is 0 Å². The Kier molecular flexibility index (Phi) is 5.62. The Morgan fingerprint density at radius 2 is 1.86 bits per heavy atom. The molecular weight excluding hydrogens is 340 g/mol. The molecule has 1 nitrogen and oxygen atoms in total. The van der Waals surface area contributed by atoms with E-state index in [0.29, 0.717) is 16.7 Å². The number of fused-ring (bicyclic) bond motifs is 5. The molecule has 0 spiro atoms. The average molecular weight is 385 g/mol. The van der Waals surface area contributed by atoms with Crippen molar-refractivity contribution in [3.8, 4) is 0 Å². The number of allylic oxidation sites excluding steroid dienone is 3. The lowest BCUT2D eigenvalue weighted by Crippen LogP contribution is -2.50. The van der Waals surface area contributed by atoms with E-state index in [1.165, 1.54) is 44.9 Å². The highest BCUT2D eigenvalue weighted by molar-refractivity contribution is 5.25. The molecule has 28 heavy (non-hydrogen) atoms. The van der Waals surface area contributed by atoms with Gasteiger partial charge >= 0.3 is 0 Å². The van der Waals surface area contributed by atoms with Crippen LogP contribution < -0.4 is 0 Å². The van der Waals surface area contributed by atoms with Crippen LogP contribution in [0.15, 0.2) is 23.8 Å². The summed E-state index contributed by atoms with van der Waals surface area (Å²) in [6, 6.07) is 0. The molecule has 0 radical (unpaired) electrons. The first-order valence-electron chi connectivity index (χ1n) is 12.3. The van der Waals surface area contributed by atoms with Crippen LogP contribution in [0.25, 0.3) is 0 Å². The Hall–Kier alpha value is -0.560. The minimum Gasteiger partial charge on any atom is -0.393 e. The zero-order chi connectivity index (χ0) is 20.1. The quantitative estimate of drug-likeness (QED) is 0.510. The minimum atomic E-state index is -0.0830. The molecule has 4 rings (SSSR count).